The predicted molar refractivity (Wildman–Crippen MR) is 90.2 cm³/mol. The first-order valence-corrected chi connectivity index (χ1v) is 7.82. The molecular weight excluding hydrogens is 248 g/mol. The van der Waals surface area contributed by atoms with E-state index in [9.17, 15) is 0 Å². The highest BCUT2D eigenvalue weighted by atomic mass is 16.5. The fourth-order valence-corrected chi connectivity index (χ4v) is 1.29. The molecule has 0 unspecified atom stereocenters. The van der Waals surface area contributed by atoms with Gasteiger partial charge in [0.05, 0.1) is 13.2 Å². The molecule has 0 aromatic heterocycles. The molecule has 0 aliphatic carbocycles. The van der Waals surface area contributed by atoms with Gasteiger partial charge in [0.25, 0.3) is 0 Å². The number of likely N-dealkylation sites (N-methyl/N-ethyl adjacent to an activating group) is 1. The summed E-state index contributed by atoms with van der Waals surface area (Å²) in [4.78, 5) is 0. The minimum absolute atomic E-state index is 0.711. The van der Waals surface area contributed by atoms with Gasteiger partial charge >= 0.3 is 0 Å². The van der Waals surface area contributed by atoms with Gasteiger partial charge in [-0.3, -0.25) is 0 Å². The second kappa shape index (κ2) is 20.4. The van der Waals surface area contributed by atoms with E-state index in [1.807, 2.05) is 39.1 Å². The first-order valence-electron chi connectivity index (χ1n) is 7.82. The van der Waals surface area contributed by atoms with Crippen molar-refractivity contribution in [3.63, 3.8) is 0 Å². The molecule has 0 bridgehead atoms. The Kier molecular flexibility index (Phi) is 21.8. The van der Waals surface area contributed by atoms with E-state index < -0.39 is 0 Å². The van der Waals surface area contributed by atoms with E-state index in [0.29, 0.717) is 6.61 Å². The van der Waals surface area contributed by atoms with Crippen LogP contribution in [-0.4, -0.2) is 33.3 Å². The lowest BCUT2D eigenvalue weighted by molar-refractivity contribution is 0.124. The topological polar surface area (TPSA) is 33.3 Å². The Hall–Kier alpha value is -0.900. The van der Waals surface area contributed by atoms with Crippen molar-refractivity contribution in [2.75, 3.05) is 33.3 Å². The van der Waals surface area contributed by atoms with Crippen LogP contribution < -0.4 is 10.6 Å². The van der Waals surface area contributed by atoms with Gasteiger partial charge in [0.1, 0.15) is 0 Å². The number of nitrogens with one attached hydrogen (secondary N) is 2. The average Bonchev–Trinajstić information content (AvgIpc) is 2.53. The maximum Gasteiger partial charge on any atom is 0.0717 e. The van der Waals surface area contributed by atoms with Crippen molar-refractivity contribution in [3.8, 4) is 0 Å². The zero-order valence-corrected chi connectivity index (χ0v) is 14.0. The second-order valence-corrected chi connectivity index (χ2v) is 4.00. The average molecular weight is 282 g/mol. The molecule has 0 aliphatic heterocycles. The van der Waals surface area contributed by atoms with E-state index in [-0.39, 0.29) is 0 Å². The van der Waals surface area contributed by atoms with Crippen LogP contribution in [0.25, 0.3) is 0 Å². The van der Waals surface area contributed by atoms with Gasteiger partial charge < -0.3 is 15.4 Å². The van der Waals surface area contributed by atoms with Crippen LogP contribution in [0.4, 0.5) is 0 Å². The minimum Gasteiger partial charge on any atom is -0.375 e. The van der Waals surface area contributed by atoms with Gasteiger partial charge in [0.15, 0.2) is 0 Å². The Morgan fingerprint density at radius 3 is 2.10 bits per heavy atom. The van der Waals surface area contributed by atoms with E-state index >= 15 is 0 Å². The molecule has 3 nitrogen and oxygen atoms in total. The highest BCUT2D eigenvalue weighted by Crippen LogP contribution is 1.99. The number of benzene rings is 1. The van der Waals surface area contributed by atoms with Crippen LogP contribution in [0.5, 0.6) is 0 Å². The lowest BCUT2D eigenvalue weighted by Crippen LogP contribution is -2.13. The van der Waals surface area contributed by atoms with Gasteiger partial charge in [-0.05, 0) is 32.1 Å². The largest absolute Gasteiger partial charge is 0.375 e. The molecule has 0 heterocycles. The third kappa shape index (κ3) is 17.1. The highest BCUT2D eigenvalue weighted by molar-refractivity contribution is 5.13. The third-order valence-corrected chi connectivity index (χ3v) is 2.28. The molecule has 0 saturated carbocycles. The molecule has 0 fully saturated rings. The summed E-state index contributed by atoms with van der Waals surface area (Å²) in [5, 5.41) is 6.23. The molecule has 0 amide bonds. The van der Waals surface area contributed by atoms with Crippen molar-refractivity contribution in [1.82, 2.24) is 10.6 Å². The quantitative estimate of drug-likeness (QED) is 0.716. The monoisotopic (exact) mass is 282 g/mol. The van der Waals surface area contributed by atoms with Crippen LogP contribution in [0.2, 0.25) is 0 Å². The Balaban J connectivity index is 0. The van der Waals surface area contributed by atoms with Crippen LogP contribution in [0.3, 0.4) is 0 Å². The zero-order chi connectivity index (χ0) is 15.5. The summed E-state index contributed by atoms with van der Waals surface area (Å²) in [6, 6.07) is 10.2. The normalized spacial score (nSPS) is 9.05. The predicted octanol–water partition coefficient (Wildman–Crippen LogP) is 3.45. The van der Waals surface area contributed by atoms with Crippen molar-refractivity contribution in [1.29, 1.82) is 0 Å². The summed E-state index contributed by atoms with van der Waals surface area (Å²) >= 11 is 0. The fraction of sp³-hybridized carbons (Fsp3) is 0.647. The number of hydrogen-bond donors (Lipinski definition) is 2. The SMILES string of the molecule is CC.CCCNCC.CNCCOCc1ccccc1. The summed E-state index contributed by atoms with van der Waals surface area (Å²) in [5.41, 5.74) is 1.23. The molecule has 3 heteroatoms. The maximum absolute atomic E-state index is 5.40. The van der Waals surface area contributed by atoms with E-state index in [4.69, 9.17) is 4.74 Å². The van der Waals surface area contributed by atoms with Crippen LogP contribution in [0, 0.1) is 0 Å². The van der Waals surface area contributed by atoms with Gasteiger partial charge in [-0.25, -0.2) is 0 Å². The van der Waals surface area contributed by atoms with E-state index in [1.165, 1.54) is 12.0 Å². The molecule has 1 rings (SSSR count). The lowest BCUT2D eigenvalue weighted by Gasteiger charge is -2.02. The standard InChI is InChI=1S/C10H15NO.C5H13N.C2H6/c1-11-7-8-12-9-10-5-3-2-4-6-10;1-3-5-6-4-2;1-2/h2-6,11H,7-9H2,1H3;6H,3-5H2,1-2H3;1-2H3. The van der Waals surface area contributed by atoms with Crippen molar-refractivity contribution in [2.24, 2.45) is 0 Å². The van der Waals surface area contributed by atoms with Gasteiger partial charge in [-0.2, -0.15) is 0 Å². The first-order chi connectivity index (χ1) is 9.85. The summed E-state index contributed by atoms with van der Waals surface area (Å²) in [5.74, 6) is 0. The highest BCUT2D eigenvalue weighted by Gasteiger charge is 1.89. The van der Waals surface area contributed by atoms with Gasteiger partial charge in [-0.1, -0.05) is 58.0 Å². The molecule has 0 spiro atoms. The second-order valence-electron chi connectivity index (χ2n) is 4.00. The molecule has 0 radical (unpaired) electrons. The molecule has 2 N–H and O–H groups in total. The smallest absolute Gasteiger partial charge is 0.0717 e. The molecule has 118 valence electrons. The van der Waals surface area contributed by atoms with Gasteiger partial charge in [-0.15, -0.1) is 0 Å². The van der Waals surface area contributed by atoms with Crippen LogP contribution in [0.1, 0.15) is 39.7 Å². The Bertz CT molecular complexity index is 248. The molecule has 0 atom stereocenters. The fourth-order valence-electron chi connectivity index (χ4n) is 1.29. The molecule has 0 aliphatic rings. The number of rotatable bonds is 8. The van der Waals surface area contributed by atoms with E-state index in [1.54, 1.807) is 0 Å². The van der Waals surface area contributed by atoms with Crippen molar-refractivity contribution >= 4 is 0 Å². The third-order valence-electron chi connectivity index (χ3n) is 2.28. The summed E-state index contributed by atoms with van der Waals surface area (Å²) in [7, 11) is 1.92. The van der Waals surface area contributed by atoms with Crippen molar-refractivity contribution in [2.45, 2.75) is 40.7 Å². The summed E-state index contributed by atoms with van der Waals surface area (Å²) in [6.45, 7) is 12.9. The van der Waals surface area contributed by atoms with Crippen LogP contribution in [-0.2, 0) is 11.3 Å². The molecule has 0 saturated heterocycles. The minimum atomic E-state index is 0.711. The van der Waals surface area contributed by atoms with Crippen LogP contribution in [0.15, 0.2) is 30.3 Å². The zero-order valence-electron chi connectivity index (χ0n) is 14.0. The van der Waals surface area contributed by atoms with Crippen molar-refractivity contribution in [3.05, 3.63) is 35.9 Å². The first kappa shape index (κ1) is 21.4. The number of ether oxygens (including phenoxy) is 1. The maximum atomic E-state index is 5.40. The molecule has 1 aromatic rings. The van der Waals surface area contributed by atoms with Crippen LogP contribution >= 0.6 is 0 Å². The summed E-state index contributed by atoms with van der Waals surface area (Å²) < 4.78 is 5.40. The Morgan fingerprint density at radius 1 is 1.00 bits per heavy atom. The lowest BCUT2D eigenvalue weighted by atomic mass is 10.2. The van der Waals surface area contributed by atoms with E-state index in [0.717, 1.165) is 26.2 Å². The molecule has 20 heavy (non-hydrogen) atoms. The van der Waals surface area contributed by atoms with E-state index in [2.05, 4.69) is 36.6 Å². The van der Waals surface area contributed by atoms with Gasteiger partial charge in [0.2, 0.25) is 0 Å². The molecular formula is C17H34N2O. The summed E-state index contributed by atoms with van der Waals surface area (Å²) in [6.07, 6.45) is 1.24. The Morgan fingerprint density at radius 2 is 1.65 bits per heavy atom. The molecule has 1 aromatic carbocycles. The number of hydrogen-bond acceptors (Lipinski definition) is 3. The van der Waals surface area contributed by atoms with Gasteiger partial charge in [0, 0.05) is 6.54 Å². The van der Waals surface area contributed by atoms with Crippen molar-refractivity contribution < 1.29 is 4.74 Å². The Labute approximate surface area is 126 Å².